The van der Waals surface area contributed by atoms with E-state index < -0.39 is 0 Å². The Hall–Kier alpha value is -3.22. The predicted molar refractivity (Wildman–Crippen MR) is 108 cm³/mol. The van der Waals surface area contributed by atoms with E-state index in [0.29, 0.717) is 29.4 Å². The maximum absolute atomic E-state index is 12.3. The summed E-state index contributed by atoms with van der Waals surface area (Å²) in [5.41, 5.74) is 3.02. The molecule has 0 unspecified atom stereocenters. The number of rotatable bonds is 8. The molecule has 0 atom stereocenters. The van der Waals surface area contributed by atoms with Crippen molar-refractivity contribution in [3.63, 3.8) is 0 Å². The molecule has 1 amide bonds. The monoisotopic (exact) mass is 383 g/mol. The first-order chi connectivity index (χ1) is 13.6. The zero-order chi connectivity index (χ0) is 20.1. The van der Waals surface area contributed by atoms with Gasteiger partial charge in [-0.25, -0.2) is 4.98 Å². The van der Waals surface area contributed by atoms with Crippen LogP contribution in [0.2, 0.25) is 0 Å². The number of nitrogens with zero attached hydrogens (tertiary/aromatic N) is 2. The number of benzene rings is 2. The first-order valence-electron chi connectivity index (χ1n) is 9.18. The third-order valence-electron chi connectivity index (χ3n) is 4.55. The van der Waals surface area contributed by atoms with Crippen molar-refractivity contribution in [3.05, 3.63) is 42.2 Å². The van der Waals surface area contributed by atoms with Crippen LogP contribution in [0.25, 0.3) is 16.7 Å². The van der Waals surface area contributed by atoms with Gasteiger partial charge in [0.25, 0.3) is 5.91 Å². The molecular formula is C21H25N3O4. The van der Waals surface area contributed by atoms with E-state index in [-0.39, 0.29) is 5.91 Å². The highest BCUT2D eigenvalue weighted by molar-refractivity contribution is 5.97. The number of hydrogen-bond donors (Lipinski definition) is 1. The molecule has 2 aromatic carbocycles. The minimum atomic E-state index is -0.0855. The van der Waals surface area contributed by atoms with Crippen molar-refractivity contribution < 1.29 is 19.0 Å². The summed E-state index contributed by atoms with van der Waals surface area (Å²) in [6.07, 6.45) is 3.71. The summed E-state index contributed by atoms with van der Waals surface area (Å²) in [6, 6.07) is 9.20. The van der Waals surface area contributed by atoms with Gasteiger partial charge in [0.2, 0.25) is 5.75 Å². The molecule has 1 aromatic heterocycles. The van der Waals surface area contributed by atoms with Crippen LogP contribution in [-0.2, 0) is 0 Å². The number of unbranched alkanes of at least 4 members (excludes halogenated alkanes) is 1. The minimum absolute atomic E-state index is 0.0855. The number of amides is 1. The van der Waals surface area contributed by atoms with Gasteiger partial charge in [0.05, 0.1) is 38.1 Å². The van der Waals surface area contributed by atoms with Gasteiger partial charge in [0.1, 0.15) is 6.33 Å². The Balaban J connectivity index is 1.98. The van der Waals surface area contributed by atoms with Crippen molar-refractivity contribution in [1.29, 1.82) is 0 Å². The fourth-order valence-corrected chi connectivity index (χ4v) is 3.05. The van der Waals surface area contributed by atoms with Crippen molar-refractivity contribution in [2.24, 2.45) is 0 Å². The molecule has 28 heavy (non-hydrogen) atoms. The Kier molecular flexibility index (Phi) is 6.03. The number of ether oxygens (including phenoxy) is 3. The van der Waals surface area contributed by atoms with Gasteiger partial charge < -0.3 is 19.5 Å². The van der Waals surface area contributed by atoms with Crippen molar-refractivity contribution in [2.45, 2.75) is 19.8 Å². The second-order valence-corrected chi connectivity index (χ2v) is 6.31. The molecule has 0 saturated heterocycles. The Morgan fingerprint density at radius 3 is 2.39 bits per heavy atom. The van der Waals surface area contributed by atoms with Gasteiger partial charge in [-0.2, -0.15) is 0 Å². The predicted octanol–water partition coefficient (Wildman–Crippen LogP) is 3.58. The van der Waals surface area contributed by atoms with Gasteiger partial charge in [0.15, 0.2) is 11.5 Å². The lowest BCUT2D eigenvalue weighted by atomic mass is 10.1. The summed E-state index contributed by atoms with van der Waals surface area (Å²) in [7, 11) is 4.73. The lowest BCUT2D eigenvalue weighted by Gasteiger charge is -2.15. The van der Waals surface area contributed by atoms with E-state index in [0.717, 1.165) is 29.6 Å². The minimum Gasteiger partial charge on any atom is -0.493 e. The Morgan fingerprint density at radius 2 is 1.79 bits per heavy atom. The number of carbonyl (C=O) groups excluding carboxylic acids is 1. The average Bonchev–Trinajstić information content (AvgIpc) is 3.15. The summed E-state index contributed by atoms with van der Waals surface area (Å²) in [6.45, 7) is 2.77. The van der Waals surface area contributed by atoms with E-state index in [9.17, 15) is 4.79 Å². The Bertz CT molecular complexity index is 956. The molecule has 148 valence electrons. The van der Waals surface area contributed by atoms with Crippen LogP contribution in [0.3, 0.4) is 0 Å². The fourth-order valence-electron chi connectivity index (χ4n) is 3.05. The first kappa shape index (κ1) is 19.5. The molecule has 1 heterocycles. The van der Waals surface area contributed by atoms with E-state index in [2.05, 4.69) is 17.2 Å². The van der Waals surface area contributed by atoms with Crippen LogP contribution in [0, 0.1) is 0 Å². The highest BCUT2D eigenvalue weighted by Crippen LogP contribution is 2.39. The number of aromatic nitrogens is 2. The molecule has 0 spiro atoms. The zero-order valence-corrected chi connectivity index (χ0v) is 16.6. The van der Waals surface area contributed by atoms with Crippen LogP contribution in [-0.4, -0.2) is 43.3 Å². The highest BCUT2D eigenvalue weighted by atomic mass is 16.5. The van der Waals surface area contributed by atoms with Crippen molar-refractivity contribution in [1.82, 2.24) is 14.9 Å². The van der Waals surface area contributed by atoms with E-state index >= 15 is 0 Å². The average molecular weight is 383 g/mol. The van der Waals surface area contributed by atoms with Gasteiger partial charge in [0, 0.05) is 24.2 Å². The largest absolute Gasteiger partial charge is 0.493 e. The summed E-state index contributed by atoms with van der Waals surface area (Å²) < 4.78 is 18.2. The Morgan fingerprint density at radius 1 is 1.07 bits per heavy atom. The summed E-state index contributed by atoms with van der Waals surface area (Å²) in [5.74, 6) is 1.57. The van der Waals surface area contributed by atoms with E-state index in [1.54, 1.807) is 39.8 Å². The first-order valence-corrected chi connectivity index (χ1v) is 9.18. The molecule has 1 N–H and O–H groups in total. The number of nitrogens with one attached hydrogen (secondary N) is 1. The molecule has 0 saturated carbocycles. The fraction of sp³-hybridized carbons (Fsp3) is 0.333. The molecule has 3 aromatic rings. The number of hydrogen-bond acceptors (Lipinski definition) is 5. The molecule has 0 aliphatic carbocycles. The van der Waals surface area contributed by atoms with Crippen molar-refractivity contribution in [3.8, 4) is 22.9 Å². The number of carbonyl (C=O) groups is 1. The van der Waals surface area contributed by atoms with Crippen LogP contribution in [0.1, 0.15) is 30.1 Å². The molecule has 3 rings (SSSR count). The molecule has 0 bridgehead atoms. The molecule has 0 fully saturated rings. The standard InChI is InChI=1S/C21H25N3O4/c1-5-6-9-22-21(25)14-7-8-17-16(10-14)23-13-24(17)15-11-18(26-2)20(28-4)19(12-15)27-3/h7-8,10-13H,5-6,9H2,1-4H3,(H,22,25). The van der Waals surface area contributed by atoms with Gasteiger partial charge >= 0.3 is 0 Å². The molecule has 0 radical (unpaired) electrons. The van der Waals surface area contributed by atoms with Gasteiger partial charge in [-0.3, -0.25) is 9.36 Å². The van der Waals surface area contributed by atoms with E-state index in [1.165, 1.54) is 0 Å². The quantitative estimate of drug-likeness (QED) is 0.602. The van der Waals surface area contributed by atoms with Crippen LogP contribution >= 0.6 is 0 Å². The van der Waals surface area contributed by atoms with Crippen LogP contribution < -0.4 is 19.5 Å². The maximum atomic E-state index is 12.3. The highest BCUT2D eigenvalue weighted by Gasteiger charge is 2.16. The van der Waals surface area contributed by atoms with Crippen LogP contribution in [0.15, 0.2) is 36.7 Å². The zero-order valence-electron chi connectivity index (χ0n) is 16.6. The topological polar surface area (TPSA) is 74.6 Å². The SMILES string of the molecule is CCCCNC(=O)c1ccc2c(c1)ncn2-c1cc(OC)c(OC)c(OC)c1. The summed E-state index contributed by atoms with van der Waals surface area (Å²) in [4.78, 5) is 16.7. The number of imidazole rings is 1. The third-order valence-corrected chi connectivity index (χ3v) is 4.55. The third kappa shape index (κ3) is 3.74. The Labute approximate surface area is 164 Å². The molecule has 7 nitrogen and oxygen atoms in total. The van der Waals surface area contributed by atoms with Gasteiger partial charge in [-0.05, 0) is 24.6 Å². The second kappa shape index (κ2) is 8.65. The van der Waals surface area contributed by atoms with E-state index in [4.69, 9.17) is 14.2 Å². The molecule has 7 heteroatoms. The van der Waals surface area contributed by atoms with E-state index in [1.807, 2.05) is 22.8 Å². The lowest BCUT2D eigenvalue weighted by Crippen LogP contribution is -2.24. The number of fused-ring (bicyclic) bond motifs is 1. The number of methoxy groups -OCH3 is 3. The maximum Gasteiger partial charge on any atom is 0.251 e. The normalized spacial score (nSPS) is 10.7. The summed E-state index contributed by atoms with van der Waals surface area (Å²) in [5, 5.41) is 2.93. The van der Waals surface area contributed by atoms with Crippen LogP contribution in [0.4, 0.5) is 0 Å². The summed E-state index contributed by atoms with van der Waals surface area (Å²) >= 11 is 0. The lowest BCUT2D eigenvalue weighted by molar-refractivity contribution is 0.0953. The van der Waals surface area contributed by atoms with Crippen molar-refractivity contribution in [2.75, 3.05) is 27.9 Å². The smallest absolute Gasteiger partial charge is 0.251 e. The van der Waals surface area contributed by atoms with Crippen LogP contribution in [0.5, 0.6) is 17.2 Å². The molecular weight excluding hydrogens is 358 g/mol. The van der Waals surface area contributed by atoms with Gasteiger partial charge in [-0.1, -0.05) is 13.3 Å². The molecule has 0 aliphatic heterocycles. The van der Waals surface area contributed by atoms with Gasteiger partial charge in [-0.15, -0.1) is 0 Å². The second-order valence-electron chi connectivity index (χ2n) is 6.31. The molecule has 0 aliphatic rings. The van der Waals surface area contributed by atoms with Crippen molar-refractivity contribution >= 4 is 16.9 Å².